The average molecular weight is 562 g/mol. The van der Waals surface area contributed by atoms with Crippen molar-refractivity contribution in [3.63, 3.8) is 0 Å². The second-order valence-electron chi connectivity index (χ2n) is 10.00. The summed E-state index contributed by atoms with van der Waals surface area (Å²) in [6, 6.07) is 0. The van der Waals surface area contributed by atoms with Crippen LogP contribution in [-0.2, 0) is 26.7 Å². The predicted octanol–water partition coefficient (Wildman–Crippen LogP) is 7.98. The van der Waals surface area contributed by atoms with Gasteiger partial charge in [0.25, 0.3) is 0 Å². The minimum absolute atomic E-state index is 0. The van der Waals surface area contributed by atoms with E-state index < -0.39 is 11.9 Å². The molecule has 0 saturated heterocycles. The quantitative estimate of drug-likeness (QED) is 0.0609. The van der Waals surface area contributed by atoms with E-state index in [1.165, 1.54) is 103 Å². The zero-order chi connectivity index (χ0) is 27.0. The normalized spacial score (nSPS) is 10.9. The number of aliphatic carboxylic acids is 2. The van der Waals surface area contributed by atoms with Crippen LogP contribution in [0.3, 0.4) is 0 Å². The summed E-state index contributed by atoms with van der Waals surface area (Å²) in [5.41, 5.74) is 0. The van der Waals surface area contributed by atoms with Crippen LogP contribution in [-0.4, -0.2) is 11.9 Å². The van der Waals surface area contributed by atoms with Crippen LogP contribution >= 0.6 is 0 Å². The molecule has 0 aromatic carbocycles. The predicted molar refractivity (Wildman–Crippen MR) is 150 cm³/mol. The smallest absolute Gasteiger partial charge is 0.550 e. The van der Waals surface area contributed by atoms with Gasteiger partial charge in [-0.3, -0.25) is 0 Å². The Kier molecular flexibility index (Phi) is 40.5. The Labute approximate surface area is 240 Å². The molecule has 0 aliphatic rings. The Hall–Kier alpha value is -1.06. The van der Waals surface area contributed by atoms with E-state index in [1.54, 1.807) is 0 Å². The van der Waals surface area contributed by atoms with Gasteiger partial charge in [0.05, 0.1) is 0 Å². The number of carbonyl (C=O) groups excluding carboxylic acids is 2. The van der Waals surface area contributed by atoms with Crippen molar-refractivity contribution in [2.75, 3.05) is 0 Å². The van der Waals surface area contributed by atoms with Crippen molar-refractivity contribution in [3.8, 4) is 0 Å². The van der Waals surface area contributed by atoms with Crippen LogP contribution in [0.4, 0.5) is 0 Å². The van der Waals surface area contributed by atoms with Gasteiger partial charge in [-0.25, -0.2) is 0 Å². The standard InChI is InChI=1S/2C16H30O2.Mn/c2*1-2-3-4-5-6-7-8-9-10-11-12-13-14-15-16(17)18;/h2*7-8H,2-6,9-15H2,1H3,(H,17,18);/q;;+2/p-2/b2*8-7-;. The molecular weight excluding hydrogens is 503 g/mol. The van der Waals surface area contributed by atoms with E-state index in [9.17, 15) is 19.8 Å². The Balaban J connectivity index is -0.000000608. The summed E-state index contributed by atoms with van der Waals surface area (Å²) in [5.74, 6) is -1.83. The number of hydrogen-bond donors (Lipinski definition) is 0. The topological polar surface area (TPSA) is 80.3 Å². The maximum absolute atomic E-state index is 10.2. The average Bonchev–Trinajstić information content (AvgIpc) is 2.85. The SMILES string of the molecule is CCCCCC/C=C\CCCCCCCC(=O)[O-].CCCCCC/C=C\CCCCCCCC(=O)[O-].[Mn+2]. The van der Waals surface area contributed by atoms with Crippen LogP contribution in [0.25, 0.3) is 0 Å². The first-order chi connectivity index (χ1) is 17.5. The molecule has 0 bridgehead atoms. The fourth-order valence-corrected chi connectivity index (χ4v) is 3.97. The second-order valence-corrected chi connectivity index (χ2v) is 10.00. The van der Waals surface area contributed by atoms with E-state index in [0.717, 1.165) is 38.5 Å². The molecule has 0 aliphatic carbocycles. The van der Waals surface area contributed by atoms with Crippen molar-refractivity contribution in [2.45, 2.75) is 168 Å². The van der Waals surface area contributed by atoms with Gasteiger partial charge >= 0.3 is 17.1 Å². The first-order valence-electron chi connectivity index (χ1n) is 15.2. The maximum Gasteiger partial charge on any atom is 2.00 e. The number of carbonyl (C=O) groups is 2. The Morgan fingerprint density at radius 1 is 0.432 bits per heavy atom. The molecule has 0 N–H and O–H groups in total. The molecule has 0 aromatic rings. The summed E-state index contributed by atoms with van der Waals surface area (Å²) < 4.78 is 0. The van der Waals surface area contributed by atoms with E-state index in [2.05, 4.69) is 38.2 Å². The zero-order valence-corrected chi connectivity index (χ0v) is 25.5. The van der Waals surface area contributed by atoms with Gasteiger partial charge < -0.3 is 19.8 Å². The van der Waals surface area contributed by atoms with E-state index >= 15 is 0 Å². The van der Waals surface area contributed by atoms with Crippen LogP contribution < -0.4 is 10.2 Å². The molecule has 0 spiro atoms. The molecule has 0 aromatic heterocycles. The third-order valence-electron chi connectivity index (χ3n) is 6.29. The van der Waals surface area contributed by atoms with Crippen LogP contribution in [0.15, 0.2) is 24.3 Å². The van der Waals surface area contributed by atoms with E-state index in [0.29, 0.717) is 0 Å². The third-order valence-corrected chi connectivity index (χ3v) is 6.29. The first kappa shape index (κ1) is 40.4. The minimum Gasteiger partial charge on any atom is -0.550 e. The van der Waals surface area contributed by atoms with Gasteiger partial charge in [0.1, 0.15) is 0 Å². The molecule has 0 fully saturated rings. The molecule has 0 atom stereocenters. The molecule has 0 unspecified atom stereocenters. The van der Waals surface area contributed by atoms with Crippen molar-refractivity contribution in [2.24, 2.45) is 0 Å². The molecule has 217 valence electrons. The van der Waals surface area contributed by atoms with Crippen molar-refractivity contribution in [3.05, 3.63) is 24.3 Å². The second kappa shape index (κ2) is 37.1. The van der Waals surface area contributed by atoms with E-state index in [1.807, 2.05) is 0 Å². The maximum atomic E-state index is 10.2. The summed E-state index contributed by atoms with van der Waals surface area (Å²) in [5, 5.41) is 20.4. The molecule has 4 nitrogen and oxygen atoms in total. The van der Waals surface area contributed by atoms with Gasteiger partial charge in [0, 0.05) is 11.9 Å². The molecule has 0 aliphatic heterocycles. The van der Waals surface area contributed by atoms with E-state index in [4.69, 9.17) is 0 Å². The Bertz CT molecular complexity index is 471. The van der Waals surface area contributed by atoms with Crippen LogP contribution in [0.5, 0.6) is 0 Å². The molecule has 0 saturated carbocycles. The monoisotopic (exact) mass is 561 g/mol. The van der Waals surface area contributed by atoms with Crippen molar-refractivity contribution < 1.29 is 36.9 Å². The molecule has 5 heteroatoms. The van der Waals surface area contributed by atoms with Crippen molar-refractivity contribution in [1.29, 1.82) is 0 Å². The van der Waals surface area contributed by atoms with Crippen molar-refractivity contribution in [1.82, 2.24) is 0 Å². The first-order valence-corrected chi connectivity index (χ1v) is 15.2. The summed E-state index contributed by atoms with van der Waals surface area (Å²) >= 11 is 0. The van der Waals surface area contributed by atoms with Gasteiger partial charge in [-0.1, -0.05) is 115 Å². The van der Waals surface area contributed by atoms with Gasteiger partial charge in [-0.15, -0.1) is 0 Å². The van der Waals surface area contributed by atoms with Gasteiger partial charge in [-0.2, -0.15) is 0 Å². The number of unbranched alkanes of at least 4 members (excludes halogenated alkanes) is 18. The molecule has 1 radical (unpaired) electrons. The summed E-state index contributed by atoms with van der Waals surface area (Å²) in [6.07, 6.45) is 36.0. The zero-order valence-electron chi connectivity index (χ0n) is 24.3. The minimum atomic E-state index is -0.916. The molecular formula is C32H58MnO4. The number of hydrogen-bond acceptors (Lipinski definition) is 4. The molecule has 37 heavy (non-hydrogen) atoms. The number of rotatable bonds is 26. The number of carboxylic acid groups (broad SMARTS) is 2. The third kappa shape index (κ3) is 45.3. The van der Waals surface area contributed by atoms with Gasteiger partial charge in [0.15, 0.2) is 0 Å². The molecule has 0 rings (SSSR count). The fourth-order valence-electron chi connectivity index (χ4n) is 3.97. The summed E-state index contributed by atoms with van der Waals surface area (Å²) in [7, 11) is 0. The van der Waals surface area contributed by atoms with Crippen LogP contribution in [0, 0.1) is 0 Å². The van der Waals surface area contributed by atoms with Crippen molar-refractivity contribution >= 4 is 11.9 Å². The number of allylic oxidation sites excluding steroid dienone is 4. The fraction of sp³-hybridized carbons (Fsp3) is 0.812. The molecule has 0 heterocycles. The van der Waals surface area contributed by atoms with Crippen LogP contribution in [0.2, 0.25) is 0 Å². The molecule has 0 amide bonds. The summed E-state index contributed by atoms with van der Waals surface area (Å²) in [4.78, 5) is 20.4. The largest absolute Gasteiger partial charge is 2.00 e. The Morgan fingerprint density at radius 3 is 0.946 bits per heavy atom. The van der Waals surface area contributed by atoms with Crippen LogP contribution in [0.1, 0.15) is 168 Å². The van der Waals surface area contributed by atoms with E-state index in [-0.39, 0.29) is 29.9 Å². The summed E-state index contributed by atoms with van der Waals surface area (Å²) in [6.45, 7) is 4.48. The van der Waals surface area contributed by atoms with Gasteiger partial charge in [-0.05, 0) is 77.0 Å². The number of carboxylic acids is 2. The van der Waals surface area contributed by atoms with Gasteiger partial charge in [0.2, 0.25) is 0 Å². The Morgan fingerprint density at radius 2 is 0.676 bits per heavy atom.